The Morgan fingerprint density at radius 2 is 1.92 bits per heavy atom. The predicted octanol–water partition coefficient (Wildman–Crippen LogP) is 6.25. The van der Waals surface area contributed by atoms with Crippen LogP contribution in [0.25, 0.3) is 5.69 Å². The van der Waals surface area contributed by atoms with Gasteiger partial charge in [0.25, 0.3) is 0 Å². The Morgan fingerprint density at radius 3 is 2.61 bits per heavy atom. The van der Waals surface area contributed by atoms with E-state index < -0.39 is 23.9 Å². The minimum absolute atomic E-state index is 0.102. The zero-order valence-corrected chi connectivity index (χ0v) is 19.2. The molecule has 0 radical (unpaired) electrons. The SMILES string of the molecule is O=C(O)Cc1cccc(OCc2cn(-c3ccc(C(F)(F)F)cc3)nc2CCC2=CC=CCC2F)c1. The topological polar surface area (TPSA) is 64.3 Å². The molecule has 0 spiro atoms. The Kier molecular flexibility index (Phi) is 7.57. The number of carboxylic acid groups (broad SMARTS) is 1. The molecular formula is C27H24F4N2O3. The Labute approximate surface area is 205 Å². The quantitative estimate of drug-likeness (QED) is 0.353. The summed E-state index contributed by atoms with van der Waals surface area (Å²) in [6, 6.07) is 11.4. The Bertz CT molecular complexity index is 1280. The fraction of sp³-hybridized carbons (Fsp3) is 0.259. The van der Waals surface area contributed by atoms with Crippen LogP contribution in [0.15, 0.2) is 78.5 Å². The number of rotatable bonds is 9. The van der Waals surface area contributed by atoms with Crippen LogP contribution in [0, 0.1) is 0 Å². The molecule has 0 saturated carbocycles. The molecule has 1 atom stereocenters. The fourth-order valence-electron chi connectivity index (χ4n) is 3.94. The number of alkyl halides is 4. The largest absolute Gasteiger partial charge is 0.489 e. The number of nitrogens with zero attached hydrogens (tertiary/aromatic N) is 2. The van der Waals surface area contributed by atoms with E-state index >= 15 is 0 Å². The summed E-state index contributed by atoms with van der Waals surface area (Å²) >= 11 is 0. The molecule has 0 amide bonds. The summed E-state index contributed by atoms with van der Waals surface area (Å²) in [5.41, 5.74) is 2.28. The molecule has 0 fully saturated rings. The molecule has 188 valence electrons. The first kappa shape index (κ1) is 25.2. The summed E-state index contributed by atoms with van der Waals surface area (Å²) in [6.45, 7) is 0.102. The van der Waals surface area contributed by atoms with Gasteiger partial charge in [-0.2, -0.15) is 18.3 Å². The van der Waals surface area contributed by atoms with Crippen molar-refractivity contribution in [2.45, 2.75) is 44.6 Å². The zero-order valence-electron chi connectivity index (χ0n) is 19.2. The van der Waals surface area contributed by atoms with Gasteiger partial charge in [-0.3, -0.25) is 4.79 Å². The summed E-state index contributed by atoms with van der Waals surface area (Å²) in [5, 5.41) is 13.6. The smallest absolute Gasteiger partial charge is 0.416 e. The average Bonchev–Trinajstić information content (AvgIpc) is 3.25. The third-order valence-corrected chi connectivity index (χ3v) is 5.83. The van der Waals surface area contributed by atoms with Crippen molar-refractivity contribution in [1.29, 1.82) is 0 Å². The van der Waals surface area contributed by atoms with Crippen LogP contribution in [0.2, 0.25) is 0 Å². The standard InChI is InChI=1S/C27H24F4N2O3/c28-24-7-2-1-5-19(24)8-13-25-20(17-36-23-6-3-4-18(14-23)15-26(34)35)16-33(32-25)22-11-9-21(10-12-22)27(29,30)31/h1-6,9-12,14,16,24H,7-8,13,15,17H2,(H,34,35). The van der Waals surface area contributed by atoms with Gasteiger partial charge in [-0.05, 0) is 60.4 Å². The van der Waals surface area contributed by atoms with Crippen molar-refractivity contribution in [3.63, 3.8) is 0 Å². The second-order valence-corrected chi connectivity index (χ2v) is 8.47. The van der Waals surface area contributed by atoms with Crippen molar-refractivity contribution >= 4 is 5.97 Å². The maximum absolute atomic E-state index is 14.2. The van der Waals surface area contributed by atoms with Crippen molar-refractivity contribution in [3.05, 3.63) is 101 Å². The van der Waals surface area contributed by atoms with Crippen molar-refractivity contribution < 1.29 is 32.2 Å². The van der Waals surface area contributed by atoms with Gasteiger partial charge in [0.2, 0.25) is 0 Å². The number of ether oxygens (including phenoxy) is 1. The van der Waals surface area contributed by atoms with Crippen LogP contribution >= 0.6 is 0 Å². The van der Waals surface area contributed by atoms with Gasteiger partial charge < -0.3 is 9.84 Å². The lowest BCUT2D eigenvalue weighted by Crippen LogP contribution is -2.08. The molecule has 0 saturated heterocycles. The van der Waals surface area contributed by atoms with Gasteiger partial charge in [0, 0.05) is 18.2 Å². The molecule has 5 nitrogen and oxygen atoms in total. The van der Waals surface area contributed by atoms with E-state index in [4.69, 9.17) is 9.84 Å². The molecule has 4 rings (SSSR count). The van der Waals surface area contributed by atoms with E-state index in [2.05, 4.69) is 5.10 Å². The molecule has 2 aromatic carbocycles. The van der Waals surface area contributed by atoms with E-state index in [-0.39, 0.29) is 13.0 Å². The molecule has 9 heteroatoms. The maximum Gasteiger partial charge on any atom is 0.416 e. The van der Waals surface area contributed by atoms with Crippen LogP contribution in [0.3, 0.4) is 0 Å². The Morgan fingerprint density at radius 1 is 1.14 bits per heavy atom. The molecule has 1 aromatic heterocycles. The molecule has 0 bridgehead atoms. The van der Waals surface area contributed by atoms with Crippen LogP contribution < -0.4 is 4.74 Å². The molecule has 1 N–H and O–H groups in total. The van der Waals surface area contributed by atoms with Crippen LogP contribution in [-0.4, -0.2) is 27.0 Å². The number of benzene rings is 2. The Balaban J connectivity index is 1.56. The minimum atomic E-state index is -4.44. The van der Waals surface area contributed by atoms with Crippen molar-refractivity contribution in [2.75, 3.05) is 0 Å². The van der Waals surface area contributed by atoms with Gasteiger partial charge in [-0.1, -0.05) is 30.4 Å². The minimum Gasteiger partial charge on any atom is -0.489 e. The van der Waals surface area contributed by atoms with E-state index in [0.29, 0.717) is 53.1 Å². The van der Waals surface area contributed by atoms with Gasteiger partial charge in [0.15, 0.2) is 0 Å². The number of allylic oxidation sites excluding steroid dienone is 4. The van der Waals surface area contributed by atoms with Crippen molar-refractivity contribution in [2.24, 2.45) is 0 Å². The highest BCUT2D eigenvalue weighted by molar-refractivity contribution is 5.70. The predicted molar refractivity (Wildman–Crippen MR) is 126 cm³/mol. The third kappa shape index (κ3) is 6.41. The number of aryl methyl sites for hydroxylation is 1. The molecule has 1 heterocycles. The van der Waals surface area contributed by atoms with Crippen molar-refractivity contribution in [1.82, 2.24) is 9.78 Å². The summed E-state index contributed by atoms with van der Waals surface area (Å²) in [5.74, 6) is -0.476. The normalized spacial score (nSPS) is 15.6. The van der Waals surface area contributed by atoms with E-state index in [9.17, 15) is 22.4 Å². The molecule has 0 aliphatic heterocycles. The first-order chi connectivity index (χ1) is 17.2. The lowest BCUT2D eigenvalue weighted by Gasteiger charge is -2.14. The van der Waals surface area contributed by atoms with Crippen LogP contribution in [0.1, 0.15) is 35.2 Å². The first-order valence-corrected chi connectivity index (χ1v) is 11.4. The summed E-state index contributed by atoms with van der Waals surface area (Å²) in [7, 11) is 0. The molecule has 36 heavy (non-hydrogen) atoms. The monoisotopic (exact) mass is 500 g/mol. The van der Waals surface area contributed by atoms with E-state index in [1.165, 1.54) is 16.8 Å². The van der Waals surface area contributed by atoms with Gasteiger partial charge in [-0.15, -0.1) is 0 Å². The third-order valence-electron chi connectivity index (χ3n) is 5.83. The average molecular weight is 500 g/mol. The second-order valence-electron chi connectivity index (χ2n) is 8.47. The molecule has 1 aliphatic carbocycles. The van der Waals surface area contributed by atoms with Crippen LogP contribution in [-0.2, 0) is 30.4 Å². The van der Waals surface area contributed by atoms with Gasteiger partial charge >= 0.3 is 12.1 Å². The van der Waals surface area contributed by atoms with Gasteiger partial charge in [0.05, 0.1) is 23.4 Å². The van der Waals surface area contributed by atoms with E-state index in [1.54, 1.807) is 42.6 Å². The first-order valence-electron chi connectivity index (χ1n) is 11.4. The van der Waals surface area contributed by atoms with Crippen LogP contribution in [0.5, 0.6) is 5.75 Å². The summed E-state index contributed by atoms with van der Waals surface area (Å²) in [4.78, 5) is 11.0. The highest BCUT2D eigenvalue weighted by Crippen LogP contribution is 2.30. The number of halogens is 4. The van der Waals surface area contributed by atoms with Gasteiger partial charge in [-0.25, -0.2) is 9.07 Å². The highest BCUT2D eigenvalue weighted by atomic mass is 19.4. The van der Waals surface area contributed by atoms with Crippen molar-refractivity contribution in [3.8, 4) is 11.4 Å². The second kappa shape index (κ2) is 10.8. The number of aliphatic carboxylic acids is 1. The maximum atomic E-state index is 14.2. The fourth-order valence-corrected chi connectivity index (χ4v) is 3.94. The van der Waals surface area contributed by atoms with Gasteiger partial charge in [0.1, 0.15) is 18.5 Å². The van der Waals surface area contributed by atoms with E-state index in [0.717, 1.165) is 12.1 Å². The number of hydrogen-bond donors (Lipinski definition) is 1. The number of carboxylic acids is 1. The number of aromatic nitrogens is 2. The lowest BCUT2D eigenvalue weighted by atomic mass is 9.97. The lowest BCUT2D eigenvalue weighted by molar-refractivity contribution is -0.138. The summed E-state index contributed by atoms with van der Waals surface area (Å²) in [6.07, 6.45) is 2.59. The molecule has 1 unspecified atom stereocenters. The number of hydrogen-bond acceptors (Lipinski definition) is 3. The highest BCUT2D eigenvalue weighted by Gasteiger charge is 2.30. The van der Waals surface area contributed by atoms with Crippen LogP contribution in [0.4, 0.5) is 17.6 Å². The zero-order chi connectivity index (χ0) is 25.7. The summed E-state index contributed by atoms with van der Waals surface area (Å²) < 4.78 is 60.5. The molecule has 3 aromatic rings. The molecular weight excluding hydrogens is 476 g/mol. The molecule has 1 aliphatic rings. The van der Waals surface area contributed by atoms with E-state index in [1.807, 2.05) is 6.08 Å². The Hall–Kier alpha value is -3.88. The number of carbonyl (C=O) groups is 1.